The molecule has 1 aliphatic rings. The SMILES string of the molecule is Cn1nc2ccccc2c1C1(CN)CC1. The quantitative estimate of drug-likeness (QED) is 0.801. The van der Waals surface area contributed by atoms with Crippen molar-refractivity contribution in [3.63, 3.8) is 0 Å². The van der Waals surface area contributed by atoms with Crippen LogP contribution in [0.5, 0.6) is 0 Å². The monoisotopic (exact) mass is 201 g/mol. The standard InChI is InChI=1S/C12H15N3/c1-15-11(12(8-13)6-7-12)9-4-2-3-5-10(9)14-15/h2-5H,6-8,13H2,1H3. The van der Waals surface area contributed by atoms with Crippen LogP contribution in [0.3, 0.4) is 0 Å². The molecule has 0 bridgehead atoms. The van der Waals surface area contributed by atoms with Crippen molar-refractivity contribution in [2.75, 3.05) is 6.54 Å². The van der Waals surface area contributed by atoms with E-state index in [1.807, 2.05) is 17.8 Å². The van der Waals surface area contributed by atoms with Gasteiger partial charge >= 0.3 is 0 Å². The predicted molar refractivity (Wildman–Crippen MR) is 60.7 cm³/mol. The van der Waals surface area contributed by atoms with Crippen LogP contribution < -0.4 is 5.73 Å². The molecule has 3 heteroatoms. The molecule has 1 heterocycles. The van der Waals surface area contributed by atoms with Gasteiger partial charge in [-0.2, -0.15) is 5.10 Å². The fourth-order valence-corrected chi connectivity index (χ4v) is 2.46. The predicted octanol–water partition coefficient (Wildman–Crippen LogP) is 1.56. The molecule has 78 valence electrons. The van der Waals surface area contributed by atoms with Gasteiger partial charge in [-0.3, -0.25) is 4.68 Å². The Kier molecular flexibility index (Phi) is 1.68. The molecule has 0 saturated heterocycles. The summed E-state index contributed by atoms with van der Waals surface area (Å²) in [6.07, 6.45) is 2.40. The summed E-state index contributed by atoms with van der Waals surface area (Å²) >= 11 is 0. The van der Waals surface area contributed by atoms with E-state index in [0.29, 0.717) is 0 Å². The van der Waals surface area contributed by atoms with Gasteiger partial charge in [-0.05, 0) is 18.9 Å². The molecule has 1 aromatic heterocycles. The van der Waals surface area contributed by atoms with Crippen LogP contribution in [-0.4, -0.2) is 16.3 Å². The van der Waals surface area contributed by atoms with Crippen LogP contribution in [0.4, 0.5) is 0 Å². The molecule has 0 radical (unpaired) electrons. The van der Waals surface area contributed by atoms with E-state index in [2.05, 4.69) is 23.3 Å². The van der Waals surface area contributed by atoms with Crippen LogP contribution in [0.15, 0.2) is 24.3 Å². The Morgan fingerprint density at radius 2 is 2.13 bits per heavy atom. The topological polar surface area (TPSA) is 43.8 Å². The summed E-state index contributed by atoms with van der Waals surface area (Å²) in [6.45, 7) is 0.733. The fraction of sp³-hybridized carbons (Fsp3) is 0.417. The van der Waals surface area contributed by atoms with Gasteiger partial charge in [-0.15, -0.1) is 0 Å². The van der Waals surface area contributed by atoms with E-state index in [1.54, 1.807) is 0 Å². The first-order chi connectivity index (χ1) is 7.27. The lowest BCUT2D eigenvalue weighted by Gasteiger charge is -2.13. The molecule has 15 heavy (non-hydrogen) atoms. The van der Waals surface area contributed by atoms with Crippen molar-refractivity contribution in [1.29, 1.82) is 0 Å². The lowest BCUT2D eigenvalue weighted by atomic mass is 9.99. The van der Waals surface area contributed by atoms with E-state index < -0.39 is 0 Å². The molecule has 1 aliphatic carbocycles. The third-order valence-electron chi connectivity index (χ3n) is 3.49. The molecule has 2 aromatic rings. The number of aromatic nitrogens is 2. The van der Waals surface area contributed by atoms with Gasteiger partial charge in [0.15, 0.2) is 0 Å². The lowest BCUT2D eigenvalue weighted by molar-refractivity contribution is 0.609. The summed E-state index contributed by atoms with van der Waals surface area (Å²) in [5.41, 5.74) is 8.49. The van der Waals surface area contributed by atoms with E-state index in [0.717, 1.165) is 12.1 Å². The van der Waals surface area contributed by atoms with E-state index in [1.165, 1.54) is 23.9 Å². The van der Waals surface area contributed by atoms with Crippen molar-refractivity contribution in [1.82, 2.24) is 9.78 Å². The van der Waals surface area contributed by atoms with Crippen LogP contribution >= 0.6 is 0 Å². The summed E-state index contributed by atoms with van der Waals surface area (Å²) < 4.78 is 2.00. The molecule has 1 fully saturated rings. The van der Waals surface area contributed by atoms with Crippen molar-refractivity contribution in [2.24, 2.45) is 12.8 Å². The Labute approximate surface area is 88.9 Å². The smallest absolute Gasteiger partial charge is 0.0926 e. The first kappa shape index (κ1) is 8.92. The largest absolute Gasteiger partial charge is 0.330 e. The number of nitrogens with zero attached hydrogens (tertiary/aromatic N) is 2. The Bertz CT molecular complexity index is 509. The second-order valence-corrected chi connectivity index (χ2v) is 4.47. The Hall–Kier alpha value is -1.35. The van der Waals surface area contributed by atoms with Gasteiger partial charge in [-0.1, -0.05) is 18.2 Å². The van der Waals surface area contributed by atoms with Crippen molar-refractivity contribution in [2.45, 2.75) is 18.3 Å². The van der Waals surface area contributed by atoms with Gasteiger partial charge in [0.25, 0.3) is 0 Å². The van der Waals surface area contributed by atoms with E-state index >= 15 is 0 Å². The number of rotatable bonds is 2. The van der Waals surface area contributed by atoms with Crippen molar-refractivity contribution >= 4 is 10.9 Å². The lowest BCUT2D eigenvalue weighted by Crippen LogP contribution is -2.22. The molecule has 0 unspecified atom stereocenters. The molecule has 3 rings (SSSR count). The molecule has 1 saturated carbocycles. The molecule has 0 atom stereocenters. The van der Waals surface area contributed by atoms with Crippen LogP contribution in [0, 0.1) is 0 Å². The van der Waals surface area contributed by atoms with Crippen molar-refractivity contribution in [3.05, 3.63) is 30.0 Å². The van der Waals surface area contributed by atoms with E-state index in [-0.39, 0.29) is 5.41 Å². The van der Waals surface area contributed by atoms with Gasteiger partial charge in [0.05, 0.1) is 11.2 Å². The van der Waals surface area contributed by atoms with Gasteiger partial charge in [-0.25, -0.2) is 0 Å². The number of hydrogen-bond donors (Lipinski definition) is 1. The summed E-state index contributed by atoms with van der Waals surface area (Å²) in [7, 11) is 2.02. The van der Waals surface area contributed by atoms with Gasteiger partial charge < -0.3 is 5.73 Å². The highest BCUT2D eigenvalue weighted by atomic mass is 15.3. The zero-order chi connectivity index (χ0) is 10.5. The Morgan fingerprint density at radius 1 is 1.40 bits per heavy atom. The molecule has 1 aromatic carbocycles. The van der Waals surface area contributed by atoms with Crippen LogP contribution in [0.1, 0.15) is 18.5 Å². The fourth-order valence-electron chi connectivity index (χ4n) is 2.46. The van der Waals surface area contributed by atoms with Crippen LogP contribution in [0.2, 0.25) is 0 Å². The third kappa shape index (κ3) is 1.13. The minimum atomic E-state index is 0.213. The van der Waals surface area contributed by atoms with Crippen molar-refractivity contribution < 1.29 is 0 Å². The molecule has 0 spiro atoms. The maximum absolute atomic E-state index is 5.88. The minimum absolute atomic E-state index is 0.213. The summed E-state index contributed by atoms with van der Waals surface area (Å²) in [6, 6.07) is 8.31. The number of fused-ring (bicyclic) bond motifs is 1. The van der Waals surface area contributed by atoms with Crippen LogP contribution in [-0.2, 0) is 12.5 Å². The Balaban J connectivity index is 2.29. The molecular weight excluding hydrogens is 186 g/mol. The maximum Gasteiger partial charge on any atom is 0.0926 e. The maximum atomic E-state index is 5.88. The van der Waals surface area contributed by atoms with E-state index in [9.17, 15) is 0 Å². The zero-order valence-corrected chi connectivity index (χ0v) is 8.90. The summed E-state index contributed by atoms with van der Waals surface area (Å²) in [5.74, 6) is 0. The molecule has 3 nitrogen and oxygen atoms in total. The molecule has 2 N–H and O–H groups in total. The number of benzene rings is 1. The van der Waals surface area contributed by atoms with Crippen LogP contribution in [0.25, 0.3) is 10.9 Å². The minimum Gasteiger partial charge on any atom is -0.330 e. The van der Waals surface area contributed by atoms with Gasteiger partial charge in [0.1, 0.15) is 0 Å². The van der Waals surface area contributed by atoms with Gasteiger partial charge in [0.2, 0.25) is 0 Å². The average Bonchev–Trinajstić information content (AvgIpc) is 2.95. The highest BCUT2D eigenvalue weighted by Gasteiger charge is 2.46. The Morgan fingerprint density at radius 3 is 2.80 bits per heavy atom. The highest BCUT2D eigenvalue weighted by Crippen LogP contribution is 2.49. The first-order valence-electron chi connectivity index (χ1n) is 5.39. The summed E-state index contributed by atoms with van der Waals surface area (Å²) in [5, 5.41) is 5.80. The summed E-state index contributed by atoms with van der Waals surface area (Å²) in [4.78, 5) is 0. The first-order valence-corrected chi connectivity index (χ1v) is 5.39. The zero-order valence-electron chi connectivity index (χ0n) is 8.90. The molecule has 0 aliphatic heterocycles. The second-order valence-electron chi connectivity index (χ2n) is 4.47. The number of aryl methyl sites for hydroxylation is 1. The average molecular weight is 201 g/mol. The number of hydrogen-bond acceptors (Lipinski definition) is 2. The molecule has 0 amide bonds. The van der Waals surface area contributed by atoms with E-state index in [4.69, 9.17) is 5.73 Å². The number of nitrogens with two attached hydrogens (primary N) is 1. The van der Waals surface area contributed by atoms with Gasteiger partial charge in [0, 0.05) is 24.4 Å². The second kappa shape index (κ2) is 2.83. The third-order valence-corrected chi connectivity index (χ3v) is 3.49. The highest BCUT2D eigenvalue weighted by molar-refractivity contribution is 5.83. The molecular formula is C12H15N3. The normalized spacial score (nSPS) is 18.3. The van der Waals surface area contributed by atoms with Crippen molar-refractivity contribution in [3.8, 4) is 0 Å².